The zero-order chi connectivity index (χ0) is 20.6. The molecule has 0 aromatic heterocycles. The third kappa shape index (κ3) is 6.05. The van der Waals surface area contributed by atoms with Crippen LogP contribution in [-0.2, 0) is 4.79 Å². The van der Waals surface area contributed by atoms with Crippen LogP contribution in [0.25, 0.3) is 0 Å². The Morgan fingerprint density at radius 1 is 1.07 bits per heavy atom. The van der Waals surface area contributed by atoms with Gasteiger partial charge >= 0.3 is 0 Å². The van der Waals surface area contributed by atoms with Gasteiger partial charge in [0.1, 0.15) is 6.04 Å². The van der Waals surface area contributed by atoms with Gasteiger partial charge in [-0.3, -0.25) is 4.79 Å². The molecule has 5 heteroatoms. The first kappa shape index (κ1) is 21.3. The zero-order valence-corrected chi connectivity index (χ0v) is 18.0. The summed E-state index contributed by atoms with van der Waals surface area (Å²) in [6.07, 6.45) is 0. The molecular weight excluding hydrogens is 360 g/mol. The number of quaternary nitrogens is 2. The van der Waals surface area contributed by atoms with Gasteiger partial charge in [-0.2, -0.15) is 0 Å². The first-order valence-electron chi connectivity index (χ1n) is 10.9. The van der Waals surface area contributed by atoms with Crippen molar-refractivity contribution in [3.05, 3.63) is 60.2 Å². The molecule has 1 aliphatic rings. The van der Waals surface area contributed by atoms with E-state index in [-0.39, 0.29) is 11.9 Å². The summed E-state index contributed by atoms with van der Waals surface area (Å²) in [6.45, 7) is 12.9. The predicted molar refractivity (Wildman–Crippen MR) is 119 cm³/mol. The molecule has 1 aliphatic heterocycles. The topological polar surface area (TPSA) is 53.4 Å². The van der Waals surface area contributed by atoms with Crippen molar-refractivity contribution in [2.75, 3.05) is 49.5 Å². The second-order valence-electron chi connectivity index (χ2n) is 8.31. The Morgan fingerprint density at radius 2 is 1.72 bits per heavy atom. The summed E-state index contributed by atoms with van der Waals surface area (Å²) in [7, 11) is 0. The molecule has 1 fully saturated rings. The van der Waals surface area contributed by atoms with Crippen molar-refractivity contribution in [3.8, 4) is 0 Å². The number of carbonyl (C=O) groups is 1. The highest BCUT2D eigenvalue weighted by Crippen LogP contribution is 2.18. The van der Waals surface area contributed by atoms with Gasteiger partial charge < -0.3 is 20.4 Å². The van der Waals surface area contributed by atoms with Crippen LogP contribution in [0, 0.1) is 5.92 Å². The average Bonchev–Trinajstić information content (AvgIpc) is 2.75. The molecule has 1 amide bonds. The van der Waals surface area contributed by atoms with Crippen molar-refractivity contribution in [2.45, 2.75) is 26.8 Å². The van der Waals surface area contributed by atoms with E-state index in [1.54, 1.807) is 4.90 Å². The fourth-order valence-electron chi connectivity index (χ4n) is 4.10. The molecule has 0 radical (unpaired) electrons. The molecule has 4 N–H and O–H groups in total. The third-order valence-electron chi connectivity index (χ3n) is 5.95. The van der Waals surface area contributed by atoms with E-state index in [1.165, 1.54) is 30.9 Å². The van der Waals surface area contributed by atoms with Crippen LogP contribution in [0.3, 0.4) is 0 Å². The van der Waals surface area contributed by atoms with Crippen LogP contribution < -0.4 is 20.4 Å². The number of likely N-dealkylation sites (N-methyl/N-ethyl adjacent to an activating group) is 1. The molecule has 0 bridgehead atoms. The second kappa shape index (κ2) is 10.4. The van der Waals surface area contributed by atoms with Crippen molar-refractivity contribution < 1.29 is 15.0 Å². The van der Waals surface area contributed by atoms with Crippen LogP contribution in [-0.4, -0.2) is 45.2 Å². The number of rotatable bonds is 8. The molecule has 2 aromatic carbocycles. The van der Waals surface area contributed by atoms with Gasteiger partial charge in [-0.05, 0) is 31.2 Å². The Labute approximate surface area is 175 Å². The molecule has 0 aliphatic carbocycles. The highest BCUT2D eigenvalue weighted by atomic mass is 16.1. The maximum absolute atomic E-state index is 12.5. The lowest BCUT2D eigenvalue weighted by Crippen LogP contribution is -3.14. The van der Waals surface area contributed by atoms with Crippen LogP contribution in [0.2, 0.25) is 0 Å². The van der Waals surface area contributed by atoms with Gasteiger partial charge in [-0.1, -0.05) is 44.2 Å². The van der Waals surface area contributed by atoms with E-state index < -0.39 is 0 Å². The minimum Gasteiger partial charge on any atom is -0.360 e. The molecule has 3 rings (SSSR count). The highest BCUT2D eigenvalue weighted by molar-refractivity contribution is 5.91. The van der Waals surface area contributed by atoms with Gasteiger partial charge in [0.05, 0.1) is 32.7 Å². The van der Waals surface area contributed by atoms with Crippen molar-refractivity contribution in [2.24, 2.45) is 5.92 Å². The number of piperazine rings is 1. The molecule has 29 heavy (non-hydrogen) atoms. The number of nitrogens with one attached hydrogen (secondary N) is 2. The Kier molecular flexibility index (Phi) is 7.67. The molecule has 5 nitrogen and oxygen atoms in total. The quantitative estimate of drug-likeness (QED) is 0.630. The number of anilines is 2. The molecule has 1 saturated heterocycles. The van der Waals surface area contributed by atoms with Crippen LogP contribution in [0.1, 0.15) is 32.4 Å². The fourth-order valence-corrected chi connectivity index (χ4v) is 4.10. The number of amides is 1. The molecule has 1 atom stereocenters. The van der Waals surface area contributed by atoms with Crippen LogP contribution in [0.5, 0.6) is 0 Å². The summed E-state index contributed by atoms with van der Waals surface area (Å²) < 4.78 is 0. The van der Waals surface area contributed by atoms with E-state index in [0.717, 1.165) is 18.8 Å². The maximum Gasteiger partial charge on any atom is 0.279 e. The predicted octanol–water partition coefficient (Wildman–Crippen LogP) is 1.31. The molecule has 0 spiro atoms. The minimum atomic E-state index is 0.0412. The Morgan fingerprint density at radius 3 is 2.31 bits per heavy atom. The fraction of sp³-hybridized carbons (Fsp3) is 0.458. The summed E-state index contributed by atoms with van der Waals surface area (Å²) in [4.78, 5) is 16.6. The Hall–Kier alpha value is -2.37. The van der Waals surface area contributed by atoms with E-state index >= 15 is 0 Å². The van der Waals surface area contributed by atoms with Gasteiger partial charge in [0.2, 0.25) is 0 Å². The number of hydrogen-bond acceptors (Lipinski definition) is 2. The summed E-state index contributed by atoms with van der Waals surface area (Å²) in [5, 5.41) is 5.18. The SMILES string of the molecule is CC[NH+]1CCN(c2ccc(NC(=O)C[NH2+][C@H](c3ccccc3)C(C)C)cc2)CC1. The van der Waals surface area contributed by atoms with Crippen molar-refractivity contribution >= 4 is 17.3 Å². The highest BCUT2D eigenvalue weighted by Gasteiger charge is 2.21. The molecule has 0 unspecified atom stereocenters. The van der Waals surface area contributed by atoms with E-state index in [9.17, 15) is 4.79 Å². The average molecular weight is 397 g/mol. The third-order valence-corrected chi connectivity index (χ3v) is 5.95. The van der Waals surface area contributed by atoms with E-state index in [2.05, 4.69) is 72.7 Å². The summed E-state index contributed by atoms with van der Waals surface area (Å²) in [6, 6.07) is 19.0. The van der Waals surface area contributed by atoms with Gasteiger partial charge in [0.25, 0.3) is 5.91 Å². The van der Waals surface area contributed by atoms with Crippen LogP contribution in [0.4, 0.5) is 11.4 Å². The van der Waals surface area contributed by atoms with Gasteiger partial charge in [0, 0.05) is 22.9 Å². The lowest BCUT2D eigenvalue weighted by Gasteiger charge is -2.33. The van der Waals surface area contributed by atoms with Crippen molar-refractivity contribution in [1.82, 2.24) is 0 Å². The van der Waals surface area contributed by atoms with E-state index in [1.807, 2.05) is 18.2 Å². The van der Waals surface area contributed by atoms with E-state index in [0.29, 0.717) is 12.5 Å². The molecule has 1 heterocycles. The number of nitrogens with two attached hydrogens (primary N) is 1. The summed E-state index contributed by atoms with van der Waals surface area (Å²) in [5.41, 5.74) is 3.38. The molecule has 0 saturated carbocycles. The molecular formula is C24H36N4O+2. The summed E-state index contributed by atoms with van der Waals surface area (Å²) in [5.74, 6) is 0.499. The lowest BCUT2D eigenvalue weighted by atomic mass is 9.96. The van der Waals surface area contributed by atoms with E-state index in [4.69, 9.17) is 0 Å². The Bertz CT molecular complexity index is 752. The lowest BCUT2D eigenvalue weighted by molar-refractivity contribution is -0.898. The largest absolute Gasteiger partial charge is 0.360 e. The molecule has 156 valence electrons. The first-order valence-corrected chi connectivity index (χ1v) is 10.9. The molecule has 2 aromatic rings. The number of carbonyl (C=O) groups excluding carboxylic acids is 1. The maximum atomic E-state index is 12.5. The number of hydrogen-bond donors (Lipinski definition) is 3. The monoisotopic (exact) mass is 396 g/mol. The zero-order valence-electron chi connectivity index (χ0n) is 18.0. The van der Waals surface area contributed by atoms with Gasteiger partial charge in [-0.15, -0.1) is 0 Å². The van der Waals surface area contributed by atoms with Crippen LogP contribution >= 0.6 is 0 Å². The van der Waals surface area contributed by atoms with Gasteiger partial charge in [0.15, 0.2) is 6.54 Å². The smallest absolute Gasteiger partial charge is 0.279 e. The van der Waals surface area contributed by atoms with Crippen molar-refractivity contribution in [3.63, 3.8) is 0 Å². The summed E-state index contributed by atoms with van der Waals surface area (Å²) >= 11 is 0. The standard InChI is InChI=1S/C24H34N4O/c1-4-27-14-16-28(17-15-27)22-12-10-21(11-13-22)26-23(29)18-25-24(19(2)3)20-8-6-5-7-9-20/h5-13,19,24-25H,4,14-18H2,1-3H3,(H,26,29)/p+2/t24-/m0/s1. The van der Waals surface area contributed by atoms with Crippen LogP contribution in [0.15, 0.2) is 54.6 Å². The van der Waals surface area contributed by atoms with Gasteiger partial charge in [-0.25, -0.2) is 0 Å². The Balaban J connectivity index is 1.50. The van der Waals surface area contributed by atoms with Crippen molar-refractivity contribution in [1.29, 1.82) is 0 Å². The first-order chi connectivity index (χ1) is 14.1. The number of benzene rings is 2. The normalized spacial score (nSPS) is 16.1. The number of nitrogens with zero attached hydrogens (tertiary/aromatic N) is 1. The second-order valence-corrected chi connectivity index (χ2v) is 8.31. The minimum absolute atomic E-state index is 0.0412.